The van der Waals surface area contributed by atoms with Gasteiger partial charge in [0.05, 0.1) is 12.8 Å². The van der Waals surface area contributed by atoms with E-state index in [4.69, 9.17) is 4.74 Å². The van der Waals surface area contributed by atoms with E-state index in [2.05, 4.69) is 20.5 Å². The Labute approximate surface area is 180 Å². The van der Waals surface area contributed by atoms with Gasteiger partial charge in [-0.25, -0.2) is 15.4 Å². The molecule has 0 fully saturated rings. The second-order valence-electron chi connectivity index (χ2n) is 6.62. The van der Waals surface area contributed by atoms with E-state index in [1.54, 1.807) is 30.1 Å². The largest absolute Gasteiger partial charge is 0.494 e. The van der Waals surface area contributed by atoms with Crippen LogP contribution >= 0.6 is 11.8 Å². The summed E-state index contributed by atoms with van der Waals surface area (Å²) in [7, 11) is 0. The SMILES string of the molecule is CCOc1ccc(/C=N/NC(=O)c2ccc(CSc3nc(C)cc(C)n3)cc2)cc1. The van der Waals surface area contributed by atoms with E-state index < -0.39 is 0 Å². The molecule has 0 atom stereocenters. The Morgan fingerprint density at radius 2 is 1.73 bits per heavy atom. The number of hydrogen-bond acceptors (Lipinski definition) is 6. The summed E-state index contributed by atoms with van der Waals surface area (Å²) < 4.78 is 5.40. The second-order valence-corrected chi connectivity index (χ2v) is 7.56. The Bertz CT molecular complexity index is 998. The molecule has 1 aromatic heterocycles. The number of thioether (sulfide) groups is 1. The first-order valence-corrected chi connectivity index (χ1v) is 10.6. The summed E-state index contributed by atoms with van der Waals surface area (Å²) in [5, 5.41) is 4.78. The molecule has 1 amide bonds. The van der Waals surface area contributed by atoms with E-state index in [0.29, 0.717) is 12.2 Å². The van der Waals surface area contributed by atoms with Crippen molar-refractivity contribution in [2.75, 3.05) is 6.61 Å². The molecule has 1 N–H and O–H groups in total. The van der Waals surface area contributed by atoms with Crippen LogP contribution in [0.1, 0.15) is 39.8 Å². The maximum absolute atomic E-state index is 12.3. The van der Waals surface area contributed by atoms with Gasteiger partial charge in [0.25, 0.3) is 5.91 Å². The van der Waals surface area contributed by atoms with Crippen LogP contribution in [0.15, 0.2) is 64.9 Å². The zero-order chi connectivity index (χ0) is 21.3. The fraction of sp³-hybridized carbons (Fsp3) is 0.217. The number of aromatic nitrogens is 2. The maximum atomic E-state index is 12.3. The molecule has 6 nitrogen and oxygen atoms in total. The summed E-state index contributed by atoms with van der Waals surface area (Å²) >= 11 is 1.58. The number of rotatable bonds is 8. The number of hydrogen-bond donors (Lipinski definition) is 1. The fourth-order valence-electron chi connectivity index (χ4n) is 2.71. The van der Waals surface area contributed by atoms with Gasteiger partial charge < -0.3 is 4.74 Å². The molecule has 0 radical (unpaired) electrons. The average molecular weight is 421 g/mol. The van der Waals surface area contributed by atoms with E-state index in [9.17, 15) is 4.79 Å². The standard InChI is InChI=1S/C23H24N4O2S/c1-4-29-21-11-7-18(8-12-21)14-24-27-22(28)20-9-5-19(6-10-20)15-30-23-25-16(2)13-17(3)26-23/h5-14H,4,15H2,1-3H3,(H,27,28)/b24-14+. The van der Waals surface area contributed by atoms with E-state index in [0.717, 1.165) is 39.2 Å². The molecule has 2 aromatic carbocycles. The Morgan fingerprint density at radius 1 is 1.07 bits per heavy atom. The number of nitrogens with zero attached hydrogens (tertiary/aromatic N) is 3. The van der Waals surface area contributed by atoms with Gasteiger partial charge in [0.1, 0.15) is 5.75 Å². The summed E-state index contributed by atoms with van der Waals surface area (Å²) in [6.07, 6.45) is 1.60. The molecular weight excluding hydrogens is 396 g/mol. The third-order valence-corrected chi connectivity index (χ3v) is 5.04. The molecule has 154 valence electrons. The Kier molecular flexibility index (Phi) is 7.57. The number of hydrazone groups is 1. The molecule has 0 aliphatic heterocycles. The van der Waals surface area contributed by atoms with E-state index in [-0.39, 0.29) is 5.91 Å². The predicted octanol–water partition coefficient (Wildman–Crippen LogP) is 4.55. The molecule has 1 heterocycles. The second kappa shape index (κ2) is 10.5. The number of nitrogens with one attached hydrogen (secondary N) is 1. The van der Waals surface area contributed by atoms with Gasteiger partial charge in [-0.1, -0.05) is 23.9 Å². The highest BCUT2D eigenvalue weighted by molar-refractivity contribution is 7.98. The molecule has 0 spiro atoms. The van der Waals surface area contributed by atoms with Gasteiger partial charge in [-0.3, -0.25) is 4.79 Å². The highest BCUT2D eigenvalue weighted by atomic mass is 32.2. The lowest BCUT2D eigenvalue weighted by Crippen LogP contribution is -2.17. The fourth-order valence-corrected chi connectivity index (χ4v) is 3.61. The van der Waals surface area contributed by atoms with Crippen molar-refractivity contribution in [2.45, 2.75) is 31.7 Å². The van der Waals surface area contributed by atoms with E-state index in [1.807, 2.05) is 63.2 Å². The van der Waals surface area contributed by atoms with Gasteiger partial charge in [0.15, 0.2) is 5.16 Å². The average Bonchev–Trinajstić information content (AvgIpc) is 2.73. The van der Waals surface area contributed by atoms with Gasteiger partial charge in [-0.15, -0.1) is 0 Å². The Morgan fingerprint density at radius 3 is 2.37 bits per heavy atom. The molecule has 0 unspecified atom stereocenters. The number of carbonyl (C=O) groups excluding carboxylic acids is 1. The first kappa shape index (κ1) is 21.5. The topological polar surface area (TPSA) is 76.5 Å². The Hall–Kier alpha value is -3.19. The van der Waals surface area contributed by atoms with Crippen LogP contribution in [0.4, 0.5) is 0 Å². The Balaban J connectivity index is 1.51. The van der Waals surface area contributed by atoms with Crippen LogP contribution in [0, 0.1) is 13.8 Å². The number of amides is 1. The van der Waals surface area contributed by atoms with Crippen molar-refractivity contribution >= 4 is 23.9 Å². The van der Waals surface area contributed by atoms with Crippen molar-refractivity contribution in [2.24, 2.45) is 5.10 Å². The zero-order valence-electron chi connectivity index (χ0n) is 17.3. The van der Waals surface area contributed by atoms with Crippen LogP contribution in [0.3, 0.4) is 0 Å². The minimum Gasteiger partial charge on any atom is -0.494 e. The summed E-state index contributed by atoms with van der Waals surface area (Å²) in [5.74, 6) is 1.29. The highest BCUT2D eigenvalue weighted by Gasteiger charge is 2.06. The zero-order valence-corrected chi connectivity index (χ0v) is 18.1. The number of ether oxygens (including phenoxy) is 1. The molecular formula is C23H24N4O2S. The molecule has 3 aromatic rings. The molecule has 7 heteroatoms. The van der Waals surface area contributed by atoms with Gasteiger partial charge in [0.2, 0.25) is 0 Å². The summed E-state index contributed by atoms with van der Waals surface area (Å²) in [6.45, 7) is 6.49. The monoisotopic (exact) mass is 420 g/mol. The van der Waals surface area contributed by atoms with Crippen LogP contribution in [0.25, 0.3) is 0 Å². The van der Waals surface area contributed by atoms with Crippen LogP contribution in [-0.2, 0) is 5.75 Å². The van der Waals surface area contributed by atoms with Crippen molar-refractivity contribution in [3.63, 3.8) is 0 Å². The van der Waals surface area contributed by atoms with Crippen LogP contribution in [-0.4, -0.2) is 28.7 Å². The third-order valence-electron chi connectivity index (χ3n) is 4.12. The molecule has 0 saturated carbocycles. The van der Waals surface area contributed by atoms with Gasteiger partial charge >= 0.3 is 0 Å². The van der Waals surface area contributed by atoms with Crippen molar-refractivity contribution in [1.29, 1.82) is 0 Å². The molecule has 0 aliphatic carbocycles. The molecule has 30 heavy (non-hydrogen) atoms. The van der Waals surface area contributed by atoms with Crippen molar-refractivity contribution < 1.29 is 9.53 Å². The highest BCUT2D eigenvalue weighted by Crippen LogP contribution is 2.20. The number of aryl methyl sites for hydroxylation is 2. The lowest BCUT2D eigenvalue weighted by Gasteiger charge is -2.05. The first-order chi connectivity index (χ1) is 14.5. The third kappa shape index (κ3) is 6.42. The smallest absolute Gasteiger partial charge is 0.271 e. The maximum Gasteiger partial charge on any atom is 0.271 e. The molecule has 3 rings (SSSR count). The molecule has 0 aliphatic rings. The van der Waals surface area contributed by atoms with E-state index in [1.165, 1.54) is 0 Å². The summed E-state index contributed by atoms with van der Waals surface area (Å²) in [5.41, 5.74) is 6.99. The predicted molar refractivity (Wildman–Crippen MR) is 120 cm³/mol. The quantitative estimate of drug-likeness (QED) is 0.250. The minimum atomic E-state index is -0.256. The lowest BCUT2D eigenvalue weighted by molar-refractivity contribution is 0.0955. The normalized spacial score (nSPS) is 10.9. The number of carbonyl (C=O) groups is 1. The van der Waals surface area contributed by atoms with Crippen LogP contribution < -0.4 is 10.2 Å². The van der Waals surface area contributed by atoms with Crippen molar-refractivity contribution in [3.05, 3.63) is 82.7 Å². The van der Waals surface area contributed by atoms with Gasteiger partial charge in [-0.2, -0.15) is 5.10 Å². The van der Waals surface area contributed by atoms with Crippen LogP contribution in [0.2, 0.25) is 0 Å². The van der Waals surface area contributed by atoms with Crippen LogP contribution in [0.5, 0.6) is 5.75 Å². The van der Waals surface area contributed by atoms with Crippen molar-refractivity contribution in [3.8, 4) is 5.75 Å². The van der Waals surface area contributed by atoms with Gasteiger partial charge in [0, 0.05) is 22.7 Å². The number of benzene rings is 2. The van der Waals surface area contributed by atoms with Gasteiger partial charge in [-0.05, 0) is 74.4 Å². The first-order valence-electron chi connectivity index (χ1n) is 9.64. The summed E-state index contributed by atoms with van der Waals surface area (Å²) in [6, 6.07) is 16.9. The summed E-state index contributed by atoms with van der Waals surface area (Å²) in [4.78, 5) is 21.1. The lowest BCUT2D eigenvalue weighted by atomic mass is 10.1. The molecule has 0 bridgehead atoms. The van der Waals surface area contributed by atoms with E-state index >= 15 is 0 Å². The minimum absolute atomic E-state index is 0.256. The van der Waals surface area contributed by atoms with Crippen molar-refractivity contribution in [1.82, 2.24) is 15.4 Å². The molecule has 0 saturated heterocycles.